The number of ether oxygens (including phenoxy) is 2. The third-order valence-electron chi connectivity index (χ3n) is 6.06. The van der Waals surface area contributed by atoms with E-state index in [0.717, 1.165) is 22.9 Å². The molecule has 3 aromatic carbocycles. The van der Waals surface area contributed by atoms with E-state index in [1.54, 1.807) is 50.2 Å². The molecule has 0 aliphatic rings. The third kappa shape index (κ3) is 7.53. The summed E-state index contributed by atoms with van der Waals surface area (Å²) in [6.07, 6.45) is -0.862. The molecule has 0 unspecified atom stereocenters. The Bertz CT molecular complexity index is 1450. The minimum Gasteiger partial charge on any atom is -0.459 e. The summed E-state index contributed by atoms with van der Waals surface area (Å²) >= 11 is 0. The van der Waals surface area contributed by atoms with E-state index in [-0.39, 0.29) is 25.3 Å². The number of amides is 2. The summed E-state index contributed by atoms with van der Waals surface area (Å²) < 4.78 is 25.1. The number of nitrogens with one attached hydrogen (secondary N) is 3. The van der Waals surface area contributed by atoms with Crippen molar-refractivity contribution in [2.75, 3.05) is 6.54 Å². The van der Waals surface area contributed by atoms with Crippen LogP contribution in [-0.4, -0.2) is 40.8 Å². The molecular formula is C30H29FN4O5. The van der Waals surface area contributed by atoms with Gasteiger partial charge in [0.25, 0.3) is 5.91 Å². The third-order valence-corrected chi connectivity index (χ3v) is 6.06. The molecule has 4 rings (SSSR count). The van der Waals surface area contributed by atoms with Crippen LogP contribution in [0, 0.1) is 19.7 Å². The van der Waals surface area contributed by atoms with E-state index in [1.807, 2.05) is 24.3 Å². The molecule has 0 spiro atoms. The lowest BCUT2D eigenvalue weighted by atomic mass is 10.0. The van der Waals surface area contributed by atoms with Crippen LogP contribution in [0.4, 0.5) is 9.18 Å². The van der Waals surface area contributed by atoms with Gasteiger partial charge in [-0.2, -0.15) is 5.10 Å². The first-order valence-corrected chi connectivity index (χ1v) is 12.6. The highest BCUT2D eigenvalue weighted by molar-refractivity contribution is 5.96. The van der Waals surface area contributed by atoms with Crippen molar-refractivity contribution in [3.63, 3.8) is 0 Å². The molecule has 9 nitrogen and oxygen atoms in total. The molecule has 10 heteroatoms. The number of halogens is 1. The second kappa shape index (κ2) is 13.2. The number of H-pyrrole nitrogens is 1. The lowest BCUT2D eigenvalue weighted by Crippen LogP contribution is -2.49. The van der Waals surface area contributed by atoms with Crippen LogP contribution >= 0.6 is 0 Å². The van der Waals surface area contributed by atoms with Gasteiger partial charge in [0.05, 0.1) is 5.69 Å². The quantitative estimate of drug-likeness (QED) is 0.251. The van der Waals surface area contributed by atoms with Crippen molar-refractivity contribution in [3.05, 3.63) is 113 Å². The number of aryl methyl sites for hydroxylation is 2. The van der Waals surface area contributed by atoms with Gasteiger partial charge < -0.3 is 20.1 Å². The molecule has 0 radical (unpaired) electrons. The van der Waals surface area contributed by atoms with Crippen LogP contribution in [0.1, 0.15) is 32.9 Å². The highest BCUT2D eigenvalue weighted by atomic mass is 19.1. The van der Waals surface area contributed by atoms with E-state index >= 15 is 0 Å². The average molecular weight is 545 g/mol. The Morgan fingerprint density at radius 3 is 2.12 bits per heavy atom. The first kappa shape index (κ1) is 28.0. The molecule has 2 amide bonds. The van der Waals surface area contributed by atoms with Gasteiger partial charge in [-0.15, -0.1) is 0 Å². The van der Waals surface area contributed by atoms with Crippen molar-refractivity contribution < 1.29 is 28.2 Å². The second-order valence-corrected chi connectivity index (χ2v) is 9.10. The Hall–Kier alpha value is -4.99. The van der Waals surface area contributed by atoms with Crippen LogP contribution in [-0.2, 0) is 27.5 Å². The van der Waals surface area contributed by atoms with Crippen molar-refractivity contribution in [2.24, 2.45) is 0 Å². The lowest BCUT2D eigenvalue weighted by Gasteiger charge is -2.18. The molecule has 0 bridgehead atoms. The highest BCUT2D eigenvalue weighted by Gasteiger charge is 2.25. The maximum Gasteiger partial charge on any atom is 0.408 e. The van der Waals surface area contributed by atoms with Gasteiger partial charge in [0.2, 0.25) is 0 Å². The summed E-state index contributed by atoms with van der Waals surface area (Å²) in [7, 11) is 0. The number of esters is 1. The van der Waals surface area contributed by atoms with Crippen LogP contribution in [0.5, 0.6) is 0 Å². The zero-order valence-corrected chi connectivity index (χ0v) is 22.1. The number of aromatic nitrogens is 2. The van der Waals surface area contributed by atoms with Crippen LogP contribution in [0.25, 0.3) is 11.1 Å². The van der Waals surface area contributed by atoms with Crippen LogP contribution in [0.2, 0.25) is 0 Å². The largest absolute Gasteiger partial charge is 0.459 e. The fraction of sp³-hybridized carbons (Fsp3) is 0.200. The number of hydrogen-bond donors (Lipinski definition) is 3. The summed E-state index contributed by atoms with van der Waals surface area (Å²) in [6, 6.07) is 20.7. The minimum absolute atomic E-state index is 0.0102. The zero-order chi connectivity index (χ0) is 28.5. The molecule has 0 fully saturated rings. The van der Waals surface area contributed by atoms with Gasteiger partial charge in [-0.3, -0.25) is 9.89 Å². The number of alkyl carbamates (subject to hydrolysis) is 1. The van der Waals surface area contributed by atoms with E-state index in [4.69, 9.17) is 9.47 Å². The SMILES string of the molecule is Cc1n[nH]c(C)c1-c1cc(F)cc(C(=O)NC[C@@H](NC(=O)OCc2ccccc2)C(=O)OCc2ccccc2)c1. The topological polar surface area (TPSA) is 122 Å². The smallest absolute Gasteiger partial charge is 0.408 e. The second-order valence-electron chi connectivity index (χ2n) is 9.10. The summed E-state index contributed by atoms with van der Waals surface area (Å²) in [5, 5.41) is 12.0. The lowest BCUT2D eigenvalue weighted by molar-refractivity contribution is -0.147. The summed E-state index contributed by atoms with van der Waals surface area (Å²) in [5.74, 6) is -2.02. The Kier molecular flexibility index (Phi) is 9.24. The number of hydrogen-bond acceptors (Lipinski definition) is 6. The van der Waals surface area contributed by atoms with Gasteiger partial charge in [-0.25, -0.2) is 14.0 Å². The highest BCUT2D eigenvalue weighted by Crippen LogP contribution is 2.27. The molecule has 1 atom stereocenters. The maximum absolute atomic E-state index is 14.5. The Balaban J connectivity index is 1.44. The van der Waals surface area contributed by atoms with Crippen molar-refractivity contribution in [2.45, 2.75) is 33.1 Å². The van der Waals surface area contributed by atoms with E-state index in [1.165, 1.54) is 12.1 Å². The molecule has 206 valence electrons. The van der Waals surface area contributed by atoms with Crippen LogP contribution in [0.15, 0.2) is 78.9 Å². The average Bonchev–Trinajstić information content (AvgIpc) is 3.30. The van der Waals surface area contributed by atoms with E-state index in [2.05, 4.69) is 20.8 Å². The van der Waals surface area contributed by atoms with Gasteiger partial charge in [0.1, 0.15) is 25.1 Å². The normalized spacial score (nSPS) is 11.4. The number of carbonyl (C=O) groups excluding carboxylic acids is 3. The first-order chi connectivity index (χ1) is 19.3. The maximum atomic E-state index is 14.5. The predicted molar refractivity (Wildman–Crippen MR) is 146 cm³/mol. The van der Waals surface area contributed by atoms with E-state index < -0.39 is 29.8 Å². The zero-order valence-electron chi connectivity index (χ0n) is 22.1. The molecule has 40 heavy (non-hydrogen) atoms. The van der Waals surface area contributed by atoms with Gasteiger partial charge >= 0.3 is 12.1 Å². The van der Waals surface area contributed by atoms with Crippen molar-refractivity contribution >= 4 is 18.0 Å². The number of aromatic amines is 1. The molecular weight excluding hydrogens is 515 g/mol. The molecule has 0 aliphatic heterocycles. The monoisotopic (exact) mass is 544 g/mol. The Morgan fingerprint density at radius 2 is 1.52 bits per heavy atom. The molecule has 4 aromatic rings. The standard InChI is InChI=1S/C30H29FN4O5/c1-19-27(20(2)35-34-19)23-13-24(15-25(31)14-23)28(36)32-16-26(29(37)39-17-21-9-5-3-6-10-21)33-30(38)40-18-22-11-7-4-8-12-22/h3-15,26H,16-18H2,1-2H3,(H,32,36)(H,33,38)(H,34,35)/t26-/m1/s1. The summed E-state index contributed by atoms with van der Waals surface area (Å²) in [5.41, 5.74) is 4.12. The number of carbonyl (C=O) groups is 3. The summed E-state index contributed by atoms with van der Waals surface area (Å²) in [6.45, 7) is 3.22. The van der Waals surface area contributed by atoms with Gasteiger partial charge in [0.15, 0.2) is 0 Å². The van der Waals surface area contributed by atoms with E-state index in [0.29, 0.717) is 16.8 Å². The molecule has 0 saturated carbocycles. The number of benzene rings is 3. The molecule has 3 N–H and O–H groups in total. The van der Waals surface area contributed by atoms with Crippen LogP contribution < -0.4 is 10.6 Å². The van der Waals surface area contributed by atoms with E-state index in [9.17, 15) is 18.8 Å². The molecule has 1 aromatic heterocycles. The molecule has 0 aliphatic carbocycles. The van der Waals surface area contributed by atoms with Crippen LogP contribution in [0.3, 0.4) is 0 Å². The van der Waals surface area contributed by atoms with Crippen molar-refractivity contribution in [3.8, 4) is 11.1 Å². The minimum atomic E-state index is -1.26. The fourth-order valence-corrected chi connectivity index (χ4v) is 4.07. The number of nitrogens with zero attached hydrogens (tertiary/aromatic N) is 1. The van der Waals surface area contributed by atoms with Gasteiger partial charge in [-0.1, -0.05) is 60.7 Å². The Labute approximate surface area is 230 Å². The Morgan fingerprint density at radius 1 is 0.900 bits per heavy atom. The van der Waals surface area contributed by atoms with Gasteiger partial charge in [0, 0.05) is 23.4 Å². The van der Waals surface area contributed by atoms with Gasteiger partial charge in [-0.05, 0) is 48.7 Å². The first-order valence-electron chi connectivity index (χ1n) is 12.6. The molecule has 1 heterocycles. The van der Waals surface area contributed by atoms with Crippen molar-refractivity contribution in [1.82, 2.24) is 20.8 Å². The molecule has 0 saturated heterocycles. The predicted octanol–water partition coefficient (Wildman–Crippen LogP) is 4.60. The van der Waals surface area contributed by atoms with Crippen molar-refractivity contribution in [1.29, 1.82) is 0 Å². The number of rotatable bonds is 10. The fourth-order valence-electron chi connectivity index (χ4n) is 4.07. The summed E-state index contributed by atoms with van der Waals surface area (Å²) in [4.78, 5) is 38.4.